The van der Waals surface area contributed by atoms with Crippen LogP contribution in [0.2, 0.25) is 0 Å². The van der Waals surface area contributed by atoms with Crippen molar-refractivity contribution in [1.29, 1.82) is 0 Å². The molecule has 2 N–H and O–H groups in total. The van der Waals surface area contributed by atoms with E-state index in [0.29, 0.717) is 13.2 Å². The van der Waals surface area contributed by atoms with Crippen molar-refractivity contribution >= 4 is 0 Å². The first-order valence-electron chi connectivity index (χ1n) is 5.98. The van der Waals surface area contributed by atoms with Gasteiger partial charge in [0.15, 0.2) is 0 Å². The van der Waals surface area contributed by atoms with Crippen LogP contribution in [0.1, 0.15) is 30.1 Å². The highest BCUT2D eigenvalue weighted by molar-refractivity contribution is 5.28. The van der Waals surface area contributed by atoms with E-state index in [1.165, 1.54) is 11.3 Å². The summed E-state index contributed by atoms with van der Waals surface area (Å²) in [5.41, 5.74) is 8.45. The van der Waals surface area contributed by atoms with Crippen molar-refractivity contribution in [2.75, 3.05) is 13.2 Å². The van der Waals surface area contributed by atoms with Crippen molar-refractivity contribution in [1.82, 2.24) is 4.57 Å². The highest BCUT2D eigenvalue weighted by Gasteiger charge is 2.19. The van der Waals surface area contributed by atoms with Gasteiger partial charge in [-0.05, 0) is 30.9 Å². The molecule has 1 aliphatic carbocycles. The van der Waals surface area contributed by atoms with E-state index in [1.807, 2.05) is 12.3 Å². The summed E-state index contributed by atoms with van der Waals surface area (Å²) in [7, 11) is 0. The summed E-state index contributed by atoms with van der Waals surface area (Å²) >= 11 is 0. The molecule has 1 atom stereocenters. The summed E-state index contributed by atoms with van der Waals surface area (Å²) in [6.07, 6.45) is 2.73. The van der Waals surface area contributed by atoms with E-state index < -0.39 is 13.0 Å². The molecule has 96 valence electrons. The zero-order valence-electron chi connectivity index (χ0n) is 9.74. The van der Waals surface area contributed by atoms with Gasteiger partial charge in [0.05, 0.1) is 6.61 Å². The fourth-order valence-corrected chi connectivity index (χ4v) is 2.34. The molecule has 1 aromatic rings. The lowest BCUT2D eigenvalue weighted by Crippen LogP contribution is -2.19. The van der Waals surface area contributed by atoms with Crippen LogP contribution >= 0.6 is 0 Å². The third-order valence-electron chi connectivity index (χ3n) is 3.16. The van der Waals surface area contributed by atoms with Crippen LogP contribution in [-0.4, -0.2) is 24.2 Å². The second kappa shape index (κ2) is 5.60. The number of fused-ring (bicyclic) bond motifs is 1. The molecule has 2 rings (SSSR count). The van der Waals surface area contributed by atoms with Gasteiger partial charge in [-0.2, -0.15) is 0 Å². The standard InChI is InChI=1S/C12H18F2N2O/c13-12(14)8-17-7-6-16-5-4-9-10(15)2-1-3-11(9)16/h4-5,10,12H,1-3,6-8,15H2. The molecular formula is C12H18F2N2O. The second-order valence-corrected chi connectivity index (χ2v) is 4.38. The quantitative estimate of drug-likeness (QED) is 0.806. The van der Waals surface area contributed by atoms with Gasteiger partial charge in [-0.15, -0.1) is 0 Å². The van der Waals surface area contributed by atoms with Gasteiger partial charge in [-0.3, -0.25) is 0 Å². The molecule has 0 saturated heterocycles. The largest absolute Gasteiger partial charge is 0.374 e. The van der Waals surface area contributed by atoms with Gasteiger partial charge < -0.3 is 15.0 Å². The van der Waals surface area contributed by atoms with Gasteiger partial charge >= 0.3 is 0 Å². The van der Waals surface area contributed by atoms with Crippen molar-refractivity contribution in [2.24, 2.45) is 5.73 Å². The number of halogens is 2. The van der Waals surface area contributed by atoms with Gasteiger partial charge in [-0.1, -0.05) is 0 Å². The summed E-state index contributed by atoms with van der Waals surface area (Å²) in [6.45, 7) is 0.457. The van der Waals surface area contributed by atoms with Gasteiger partial charge in [0.2, 0.25) is 0 Å². The third-order valence-corrected chi connectivity index (χ3v) is 3.16. The zero-order valence-corrected chi connectivity index (χ0v) is 9.74. The molecule has 0 aliphatic heterocycles. The number of nitrogens with two attached hydrogens (primary N) is 1. The highest BCUT2D eigenvalue weighted by Crippen LogP contribution is 2.28. The summed E-state index contributed by atoms with van der Waals surface area (Å²) in [5.74, 6) is 0. The molecule has 0 spiro atoms. The molecule has 0 saturated carbocycles. The van der Waals surface area contributed by atoms with Crippen LogP contribution in [0.25, 0.3) is 0 Å². The van der Waals surface area contributed by atoms with E-state index in [2.05, 4.69) is 4.57 Å². The number of alkyl halides is 2. The molecule has 0 amide bonds. The molecule has 3 nitrogen and oxygen atoms in total. The molecule has 0 radical (unpaired) electrons. The number of hydrogen-bond donors (Lipinski definition) is 1. The average Bonchev–Trinajstić information content (AvgIpc) is 2.69. The maximum Gasteiger partial charge on any atom is 0.261 e. The Labute approximate surface area is 99.5 Å². The molecule has 1 heterocycles. The molecule has 1 aliphatic rings. The Hall–Kier alpha value is -0.940. The second-order valence-electron chi connectivity index (χ2n) is 4.38. The zero-order chi connectivity index (χ0) is 12.3. The summed E-state index contributed by atoms with van der Waals surface area (Å²) in [6, 6.07) is 2.16. The van der Waals surface area contributed by atoms with Crippen LogP contribution in [0, 0.1) is 0 Å². The van der Waals surface area contributed by atoms with E-state index in [4.69, 9.17) is 10.5 Å². The molecule has 0 fully saturated rings. The third kappa shape index (κ3) is 3.04. The summed E-state index contributed by atoms with van der Waals surface area (Å²) < 4.78 is 30.7. The number of nitrogens with zero attached hydrogens (tertiary/aromatic N) is 1. The number of rotatable bonds is 5. The highest BCUT2D eigenvalue weighted by atomic mass is 19.3. The minimum absolute atomic E-state index is 0.127. The number of aromatic nitrogens is 1. The van der Waals surface area contributed by atoms with Gasteiger partial charge in [0.25, 0.3) is 6.43 Å². The van der Waals surface area contributed by atoms with E-state index in [0.717, 1.165) is 19.3 Å². The topological polar surface area (TPSA) is 40.2 Å². The first-order valence-corrected chi connectivity index (χ1v) is 5.98. The fourth-order valence-electron chi connectivity index (χ4n) is 2.34. The number of ether oxygens (including phenoxy) is 1. The minimum Gasteiger partial charge on any atom is -0.374 e. The predicted molar refractivity (Wildman–Crippen MR) is 61.1 cm³/mol. The van der Waals surface area contributed by atoms with Crippen LogP contribution < -0.4 is 5.73 Å². The Morgan fingerprint density at radius 3 is 3.12 bits per heavy atom. The predicted octanol–water partition coefficient (Wildman–Crippen LogP) is 2.11. The number of hydrogen-bond acceptors (Lipinski definition) is 2. The Bertz CT molecular complexity index is 365. The molecule has 1 aromatic heterocycles. The van der Waals surface area contributed by atoms with E-state index in [-0.39, 0.29) is 6.04 Å². The van der Waals surface area contributed by atoms with Crippen molar-refractivity contribution in [3.05, 3.63) is 23.5 Å². The maximum absolute atomic E-state index is 11.9. The Kier molecular flexibility index (Phi) is 4.12. The Balaban J connectivity index is 1.89. The minimum atomic E-state index is -2.39. The van der Waals surface area contributed by atoms with Crippen LogP contribution in [0.3, 0.4) is 0 Å². The van der Waals surface area contributed by atoms with Crippen molar-refractivity contribution < 1.29 is 13.5 Å². The lowest BCUT2D eigenvalue weighted by atomic mass is 9.94. The summed E-state index contributed by atoms with van der Waals surface area (Å²) in [4.78, 5) is 0. The first kappa shape index (κ1) is 12.5. The normalized spacial score (nSPS) is 19.6. The fraction of sp³-hybridized carbons (Fsp3) is 0.667. The van der Waals surface area contributed by atoms with E-state index >= 15 is 0 Å². The molecule has 17 heavy (non-hydrogen) atoms. The van der Waals surface area contributed by atoms with Gasteiger partial charge in [0, 0.05) is 24.5 Å². The van der Waals surface area contributed by atoms with Crippen LogP contribution in [0.5, 0.6) is 0 Å². The molecule has 1 unspecified atom stereocenters. The van der Waals surface area contributed by atoms with E-state index in [9.17, 15) is 8.78 Å². The molecule has 0 aromatic carbocycles. The van der Waals surface area contributed by atoms with Crippen LogP contribution in [0.4, 0.5) is 8.78 Å². The first-order chi connectivity index (χ1) is 8.18. The molecule has 5 heteroatoms. The van der Waals surface area contributed by atoms with Gasteiger partial charge in [-0.25, -0.2) is 8.78 Å². The SMILES string of the molecule is NC1CCCc2c1ccn2CCOCC(F)F. The van der Waals surface area contributed by atoms with Crippen LogP contribution in [-0.2, 0) is 17.7 Å². The Morgan fingerprint density at radius 2 is 2.35 bits per heavy atom. The molecule has 0 bridgehead atoms. The van der Waals surface area contributed by atoms with Crippen molar-refractivity contribution in [2.45, 2.75) is 38.3 Å². The lowest BCUT2D eigenvalue weighted by Gasteiger charge is -2.20. The monoisotopic (exact) mass is 244 g/mol. The van der Waals surface area contributed by atoms with Crippen molar-refractivity contribution in [3.63, 3.8) is 0 Å². The average molecular weight is 244 g/mol. The van der Waals surface area contributed by atoms with Crippen LogP contribution in [0.15, 0.2) is 12.3 Å². The van der Waals surface area contributed by atoms with Gasteiger partial charge in [0.1, 0.15) is 6.61 Å². The summed E-state index contributed by atoms with van der Waals surface area (Å²) in [5, 5.41) is 0. The lowest BCUT2D eigenvalue weighted by molar-refractivity contribution is 0.0146. The smallest absolute Gasteiger partial charge is 0.261 e. The van der Waals surface area contributed by atoms with E-state index in [1.54, 1.807) is 0 Å². The Morgan fingerprint density at radius 1 is 1.53 bits per heavy atom. The molecular weight excluding hydrogens is 226 g/mol. The van der Waals surface area contributed by atoms with Crippen molar-refractivity contribution in [3.8, 4) is 0 Å². The maximum atomic E-state index is 11.9.